The molecule has 7 nitrogen and oxygen atoms in total. The zero-order valence-corrected chi connectivity index (χ0v) is 13.6. The molecule has 1 fully saturated rings. The van der Waals surface area contributed by atoms with Gasteiger partial charge >= 0.3 is 6.03 Å². The van der Waals surface area contributed by atoms with Gasteiger partial charge in [0, 0.05) is 12.2 Å². The van der Waals surface area contributed by atoms with E-state index in [-0.39, 0.29) is 23.4 Å². The predicted octanol–water partition coefficient (Wildman–Crippen LogP) is 2.18. The summed E-state index contributed by atoms with van der Waals surface area (Å²) in [6, 6.07) is 11.6. The van der Waals surface area contributed by atoms with Crippen LogP contribution in [0.4, 0.5) is 10.5 Å². The molecule has 2 amide bonds. The third-order valence-electron chi connectivity index (χ3n) is 3.54. The first kappa shape index (κ1) is 16.3. The number of nitrogens with zero attached hydrogens (tertiary/aromatic N) is 1. The molecule has 1 aliphatic heterocycles. The molecule has 0 bridgehead atoms. The Hall–Kier alpha value is -2.61. The maximum atomic E-state index is 12.1. The molecule has 8 heteroatoms. The number of para-hydroxylation sites is 1. The number of pyridine rings is 1. The standard InChI is InChI=1S/C16H17N3O4S/c20-16(18-12-8-10-24(21,22)11-12)19-14-7-4-9-17-15(14)23-13-5-2-1-3-6-13/h1-7,9,12H,8,10-11H2,(H2,18,19,20)/t12-/m1/s1. The number of nitrogens with one attached hydrogen (secondary N) is 2. The Morgan fingerprint density at radius 1 is 1.17 bits per heavy atom. The maximum Gasteiger partial charge on any atom is 0.319 e. The fourth-order valence-corrected chi connectivity index (χ4v) is 4.09. The summed E-state index contributed by atoms with van der Waals surface area (Å²) in [5.74, 6) is 0.938. The SMILES string of the molecule is O=C(Nc1cccnc1Oc1ccccc1)N[C@@H]1CCS(=O)(=O)C1. The zero-order valence-electron chi connectivity index (χ0n) is 12.8. The van der Waals surface area contributed by atoms with Crippen LogP contribution in [0.5, 0.6) is 11.6 Å². The minimum Gasteiger partial charge on any atom is -0.437 e. The largest absolute Gasteiger partial charge is 0.437 e. The Bertz CT molecular complexity index is 824. The molecule has 2 heterocycles. The number of rotatable bonds is 4. The van der Waals surface area contributed by atoms with Gasteiger partial charge in [0.05, 0.1) is 11.5 Å². The van der Waals surface area contributed by atoms with Gasteiger partial charge in [-0.3, -0.25) is 0 Å². The van der Waals surface area contributed by atoms with Crippen molar-refractivity contribution < 1.29 is 17.9 Å². The minimum atomic E-state index is -3.04. The highest BCUT2D eigenvalue weighted by atomic mass is 32.2. The smallest absolute Gasteiger partial charge is 0.319 e. The molecule has 2 aromatic rings. The molecule has 0 aliphatic carbocycles. The molecular formula is C16H17N3O4S. The quantitative estimate of drug-likeness (QED) is 0.883. The van der Waals surface area contributed by atoms with Gasteiger partial charge in [-0.15, -0.1) is 0 Å². The molecule has 0 saturated carbocycles. The summed E-state index contributed by atoms with van der Waals surface area (Å²) < 4.78 is 28.5. The lowest BCUT2D eigenvalue weighted by atomic mass is 10.3. The van der Waals surface area contributed by atoms with E-state index in [0.717, 1.165) is 0 Å². The van der Waals surface area contributed by atoms with E-state index in [0.29, 0.717) is 17.9 Å². The average Bonchev–Trinajstić information content (AvgIpc) is 2.89. The second-order valence-electron chi connectivity index (χ2n) is 5.47. The van der Waals surface area contributed by atoms with Gasteiger partial charge in [-0.25, -0.2) is 18.2 Å². The van der Waals surface area contributed by atoms with E-state index in [2.05, 4.69) is 15.6 Å². The van der Waals surface area contributed by atoms with Crippen LogP contribution in [-0.2, 0) is 9.84 Å². The third-order valence-corrected chi connectivity index (χ3v) is 5.31. The highest BCUT2D eigenvalue weighted by Crippen LogP contribution is 2.26. The number of sulfone groups is 1. The molecule has 126 valence electrons. The lowest BCUT2D eigenvalue weighted by Crippen LogP contribution is -2.38. The second kappa shape index (κ2) is 6.88. The van der Waals surface area contributed by atoms with Crippen molar-refractivity contribution in [2.45, 2.75) is 12.5 Å². The summed E-state index contributed by atoms with van der Waals surface area (Å²) in [6.45, 7) is 0. The van der Waals surface area contributed by atoms with Crippen molar-refractivity contribution in [3.8, 4) is 11.6 Å². The number of carbonyl (C=O) groups is 1. The average molecular weight is 347 g/mol. The van der Waals surface area contributed by atoms with Crippen LogP contribution >= 0.6 is 0 Å². The number of carbonyl (C=O) groups excluding carboxylic acids is 1. The number of benzene rings is 1. The van der Waals surface area contributed by atoms with E-state index >= 15 is 0 Å². The van der Waals surface area contributed by atoms with Crippen molar-refractivity contribution in [3.63, 3.8) is 0 Å². The van der Waals surface area contributed by atoms with Crippen molar-refractivity contribution >= 4 is 21.6 Å². The van der Waals surface area contributed by atoms with Gasteiger partial charge in [0.2, 0.25) is 5.88 Å². The number of urea groups is 1. The summed E-state index contributed by atoms with van der Waals surface area (Å²) >= 11 is 0. The fraction of sp³-hybridized carbons (Fsp3) is 0.250. The van der Waals surface area contributed by atoms with Crippen molar-refractivity contribution in [2.75, 3.05) is 16.8 Å². The maximum absolute atomic E-state index is 12.1. The molecule has 0 spiro atoms. The van der Waals surface area contributed by atoms with Crippen LogP contribution in [0.1, 0.15) is 6.42 Å². The number of hydrogen-bond acceptors (Lipinski definition) is 5. The van der Waals surface area contributed by atoms with Crippen LogP contribution in [0, 0.1) is 0 Å². The number of anilines is 1. The highest BCUT2D eigenvalue weighted by Gasteiger charge is 2.29. The first-order valence-corrected chi connectivity index (χ1v) is 9.30. The van der Waals surface area contributed by atoms with E-state index < -0.39 is 15.9 Å². The van der Waals surface area contributed by atoms with Gasteiger partial charge < -0.3 is 15.4 Å². The highest BCUT2D eigenvalue weighted by molar-refractivity contribution is 7.91. The Labute approximate surface area is 140 Å². The number of hydrogen-bond donors (Lipinski definition) is 2. The number of amides is 2. The first-order chi connectivity index (χ1) is 11.5. The molecule has 1 saturated heterocycles. The van der Waals surface area contributed by atoms with Crippen molar-refractivity contribution in [2.24, 2.45) is 0 Å². The topological polar surface area (TPSA) is 97.4 Å². The van der Waals surface area contributed by atoms with Crippen LogP contribution in [-0.4, -0.2) is 37.0 Å². The van der Waals surface area contributed by atoms with Crippen LogP contribution in [0.3, 0.4) is 0 Å². The third kappa shape index (κ3) is 4.23. The van der Waals surface area contributed by atoms with Crippen LogP contribution in [0.15, 0.2) is 48.7 Å². The zero-order chi connectivity index (χ0) is 17.0. The molecule has 2 N–H and O–H groups in total. The Morgan fingerprint density at radius 2 is 1.96 bits per heavy atom. The van der Waals surface area contributed by atoms with Gasteiger partial charge in [-0.2, -0.15) is 0 Å². The molecule has 1 aliphatic rings. The summed E-state index contributed by atoms with van der Waals surface area (Å²) in [4.78, 5) is 16.2. The van der Waals surface area contributed by atoms with Gasteiger partial charge in [-0.1, -0.05) is 18.2 Å². The summed E-state index contributed by atoms with van der Waals surface area (Å²) in [7, 11) is -3.04. The molecule has 1 aromatic carbocycles. The summed E-state index contributed by atoms with van der Waals surface area (Å²) in [6.07, 6.45) is 1.99. The van der Waals surface area contributed by atoms with Gasteiger partial charge in [0.25, 0.3) is 0 Å². The van der Waals surface area contributed by atoms with Crippen molar-refractivity contribution in [3.05, 3.63) is 48.7 Å². The van der Waals surface area contributed by atoms with E-state index in [1.54, 1.807) is 30.5 Å². The van der Waals surface area contributed by atoms with Gasteiger partial charge in [0.1, 0.15) is 11.4 Å². The number of ether oxygens (including phenoxy) is 1. The monoisotopic (exact) mass is 347 g/mol. The van der Waals surface area contributed by atoms with E-state index in [4.69, 9.17) is 4.74 Å². The molecule has 0 unspecified atom stereocenters. The van der Waals surface area contributed by atoms with Crippen molar-refractivity contribution in [1.82, 2.24) is 10.3 Å². The molecular weight excluding hydrogens is 330 g/mol. The normalized spacial score (nSPS) is 18.8. The molecule has 0 radical (unpaired) electrons. The van der Waals surface area contributed by atoms with Crippen LogP contribution in [0.2, 0.25) is 0 Å². The summed E-state index contributed by atoms with van der Waals surface area (Å²) in [5.41, 5.74) is 0.403. The first-order valence-electron chi connectivity index (χ1n) is 7.48. The Kier molecular flexibility index (Phi) is 4.66. The molecule has 24 heavy (non-hydrogen) atoms. The number of aromatic nitrogens is 1. The minimum absolute atomic E-state index is 0.0270. The lowest BCUT2D eigenvalue weighted by molar-refractivity contribution is 0.249. The molecule has 1 aromatic heterocycles. The second-order valence-corrected chi connectivity index (χ2v) is 7.70. The summed E-state index contributed by atoms with van der Waals surface area (Å²) in [5, 5.41) is 5.31. The van der Waals surface area contributed by atoms with Gasteiger partial charge in [-0.05, 0) is 30.7 Å². The van der Waals surface area contributed by atoms with E-state index in [1.165, 1.54) is 0 Å². The van der Waals surface area contributed by atoms with Crippen molar-refractivity contribution in [1.29, 1.82) is 0 Å². The van der Waals surface area contributed by atoms with Crippen LogP contribution in [0.25, 0.3) is 0 Å². The van der Waals surface area contributed by atoms with Crippen LogP contribution < -0.4 is 15.4 Å². The lowest BCUT2D eigenvalue weighted by Gasteiger charge is -2.14. The molecule has 1 atom stereocenters. The Balaban J connectivity index is 1.66. The predicted molar refractivity (Wildman–Crippen MR) is 90.0 cm³/mol. The van der Waals surface area contributed by atoms with E-state index in [9.17, 15) is 13.2 Å². The molecule has 3 rings (SSSR count). The fourth-order valence-electron chi connectivity index (χ4n) is 2.42. The van der Waals surface area contributed by atoms with E-state index in [1.807, 2.05) is 18.2 Å². The Morgan fingerprint density at radius 3 is 2.67 bits per heavy atom. The van der Waals surface area contributed by atoms with Gasteiger partial charge in [0.15, 0.2) is 9.84 Å².